The Labute approximate surface area is 187 Å². The van der Waals surface area contributed by atoms with Crippen molar-refractivity contribution < 1.29 is 14.2 Å². The number of halogens is 1. The van der Waals surface area contributed by atoms with Crippen LogP contribution >= 0.6 is 24.0 Å². The number of pyridine rings is 1. The first kappa shape index (κ1) is 21.4. The number of fused-ring (bicyclic) bond motifs is 1. The van der Waals surface area contributed by atoms with Gasteiger partial charge in [0.05, 0.1) is 13.2 Å². The van der Waals surface area contributed by atoms with E-state index in [1.807, 2.05) is 30.5 Å². The van der Waals surface area contributed by atoms with Crippen LogP contribution in [0.3, 0.4) is 0 Å². The third-order valence-corrected chi connectivity index (χ3v) is 4.73. The molecule has 0 aliphatic carbocycles. The highest BCUT2D eigenvalue weighted by Crippen LogP contribution is 2.32. The van der Waals surface area contributed by atoms with Gasteiger partial charge in [-0.2, -0.15) is 0 Å². The first-order valence-electron chi connectivity index (χ1n) is 9.42. The Morgan fingerprint density at radius 3 is 2.52 bits per heavy atom. The van der Waals surface area contributed by atoms with Crippen molar-refractivity contribution in [3.8, 4) is 11.5 Å². The number of aliphatic imine (C=N–C) groups is 1. The number of aromatic nitrogens is 1. The maximum atomic E-state index is 5.43. The predicted octanol–water partition coefficient (Wildman–Crippen LogP) is 2.13. The summed E-state index contributed by atoms with van der Waals surface area (Å²) in [5, 5.41) is 6.68. The third-order valence-electron chi connectivity index (χ3n) is 4.73. The molecule has 0 bridgehead atoms. The molecule has 2 N–H and O–H groups in total. The van der Waals surface area contributed by atoms with E-state index in [1.54, 1.807) is 7.05 Å². The lowest BCUT2D eigenvalue weighted by atomic mass is 10.2. The highest BCUT2D eigenvalue weighted by molar-refractivity contribution is 14.0. The summed E-state index contributed by atoms with van der Waals surface area (Å²) >= 11 is 0. The van der Waals surface area contributed by atoms with Gasteiger partial charge in [0.1, 0.15) is 5.82 Å². The molecule has 1 aromatic heterocycles. The molecule has 0 radical (unpaired) electrons. The fraction of sp³-hybridized carbons (Fsp3) is 0.400. The van der Waals surface area contributed by atoms with Gasteiger partial charge in [-0.25, -0.2) is 4.98 Å². The maximum absolute atomic E-state index is 5.43. The summed E-state index contributed by atoms with van der Waals surface area (Å²) in [7, 11) is 1.76. The monoisotopic (exact) mass is 511 g/mol. The molecule has 2 aromatic rings. The van der Waals surface area contributed by atoms with Crippen molar-refractivity contribution in [1.82, 2.24) is 15.6 Å². The van der Waals surface area contributed by atoms with Crippen molar-refractivity contribution in [1.29, 1.82) is 0 Å². The van der Waals surface area contributed by atoms with E-state index in [9.17, 15) is 0 Å². The molecule has 29 heavy (non-hydrogen) atoms. The number of rotatable bonds is 5. The fourth-order valence-electron chi connectivity index (χ4n) is 3.18. The van der Waals surface area contributed by atoms with Crippen LogP contribution in [0.25, 0.3) is 0 Å². The number of benzene rings is 1. The molecule has 4 rings (SSSR count). The van der Waals surface area contributed by atoms with Crippen molar-refractivity contribution in [2.45, 2.75) is 13.1 Å². The summed E-state index contributed by atoms with van der Waals surface area (Å²) in [5.41, 5.74) is 2.26. The first-order chi connectivity index (χ1) is 13.8. The standard InChI is InChI=1S/C20H25N5O3.HI/c1-21-20(23-12-15-2-3-17-18(10-15)28-14-27-17)24-13-16-4-5-22-19(11-16)25-6-8-26-9-7-25;/h2-5,10-11H,6-9,12-14H2,1H3,(H2,21,23,24);1H. The minimum Gasteiger partial charge on any atom is -0.454 e. The van der Waals surface area contributed by atoms with Gasteiger partial charge in [-0.3, -0.25) is 4.99 Å². The second kappa shape index (κ2) is 10.5. The normalized spacial score (nSPS) is 15.6. The molecule has 2 aliphatic heterocycles. The summed E-state index contributed by atoms with van der Waals surface area (Å²) < 4.78 is 16.2. The van der Waals surface area contributed by atoms with Crippen LogP contribution in [0, 0.1) is 0 Å². The molecule has 9 heteroatoms. The van der Waals surface area contributed by atoms with Gasteiger partial charge in [0.15, 0.2) is 17.5 Å². The number of morpholine rings is 1. The zero-order valence-electron chi connectivity index (χ0n) is 16.4. The molecule has 1 fully saturated rings. The number of guanidine groups is 1. The van der Waals surface area contributed by atoms with Gasteiger partial charge < -0.3 is 29.7 Å². The summed E-state index contributed by atoms with van der Waals surface area (Å²) in [6.07, 6.45) is 1.85. The quantitative estimate of drug-likeness (QED) is 0.362. The molecule has 156 valence electrons. The van der Waals surface area contributed by atoms with Gasteiger partial charge in [-0.1, -0.05) is 6.07 Å². The Hall–Kier alpha value is -2.27. The van der Waals surface area contributed by atoms with Crippen molar-refractivity contribution in [2.24, 2.45) is 4.99 Å². The molecule has 1 saturated heterocycles. The number of anilines is 1. The van der Waals surface area contributed by atoms with E-state index in [0.717, 1.165) is 60.7 Å². The molecule has 2 aliphatic rings. The van der Waals surface area contributed by atoms with Gasteiger partial charge in [0.2, 0.25) is 6.79 Å². The zero-order chi connectivity index (χ0) is 19.2. The van der Waals surface area contributed by atoms with E-state index >= 15 is 0 Å². The Kier molecular flexibility index (Phi) is 7.76. The van der Waals surface area contributed by atoms with Gasteiger partial charge in [0, 0.05) is 39.4 Å². The van der Waals surface area contributed by atoms with E-state index in [-0.39, 0.29) is 30.8 Å². The maximum Gasteiger partial charge on any atom is 0.231 e. The topological polar surface area (TPSA) is 80.2 Å². The average Bonchev–Trinajstić information content (AvgIpc) is 3.23. The minimum absolute atomic E-state index is 0. The number of nitrogens with zero attached hydrogens (tertiary/aromatic N) is 3. The average molecular weight is 511 g/mol. The predicted molar refractivity (Wildman–Crippen MR) is 122 cm³/mol. The van der Waals surface area contributed by atoms with Crippen LogP contribution < -0.4 is 25.0 Å². The number of hydrogen-bond donors (Lipinski definition) is 2. The van der Waals surface area contributed by atoms with Gasteiger partial charge in [0.25, 0.3) is 0 Å². The van der Waals surface area contributed by atoms with Crippen molar-refractivity contribution in [3.05, 3.63) is 47.7 Å². The molecule has 8 nitrogen and oxygen atoms in total. The van der Waals surface area contributed by atoms with Crippen molar-refractivity contribution in [2.75, 3.05) is 45.0 Å². The Morgan fingerprint density at radius 1 is 1.03 bits per heavy atom. The van der Waals surface area contributed by atoms with E-state index in [0.29, 0.717) is 13.1 Å². The van der Waals surface area contributed by atoms with E-state index < -0.39 is 0 Å². The molecule has 0 saturated carbocycles. The van der Waals surface area contributed by atoms with Gasteiger partial charge in [-0.05, 0) is 35.4 Å². The molecular weight excluding hydrogens is 485 g/mol. The Balaban J connectivity index is 0.00000240. The SMILES string of the molecule is CN=C(NCc1ccnc(N2CCOCC2)c1)NCc1ccc2c(c1)OCO2.I. The van der Waals surface area contributed by atoms with Crippen LogP contribution in [-0.4, -0.2) is 51.1 Å². The largest absolute Gasteiger partial charge is 0.454 e. The van der Waals surface area contributed by atoms with Crippen LogP contribution in [0.15, 0.2) is 41.5 Å². The first-order valence-corrected chi connectivity index (χ1v) is 9.42. The summed E-state index contributed by atoms with van der Waals surface area (Å²) in [6.45, 7) is 4.85. The Bertz CT molecular complexity index is 843. The lowest BCUT2D eigenvalue weighted by Gasteiger charge is -2.28. The summed E-state index contributed by atoms with van der Waals surface area (Å²) in [4.78, 5) is 11.0. The number of ether oxygens (including phenoxy) is 3. The highest BCUT2D eigenvalue weighted by atomic mass is 127. The molecule has 0 spiro atoms. The van der Waals surface area contributed by atoms with E-state index in [2.05, 4.69) is 31.6 Å². The van der Waals surface area contributed by atoms with Crippen LogP contribution in [0.5, 0.6) is 11.5 Å². The molecule has 0 amide bonds. The lowest BCUT2D eigenvalue weighted by molar-refractivity contribution is 0.122. The van der Waals surface area contributed by atoms with Crippen molar-refractivity contribution in [3.63, 3.8) is 0 Å². The zero-order valence-corrected chi connectivity index (χ0v) is 18.7. The number of nitrogens with one attached hydrogen (secondary N) is 2. The fourth-order valence-corrected chi connectivity index (χ4v) is 3.18. The smallest absolute Gasteiger partial charge is 0.231 e. The summed E-state index contributed by atoms with van der Waals surface area (Å²) in [6, 6.07) is 10.1. The van der Waals surface area contributed by atoms with Crippen LogP contribution in [0.4, 0.5) is 5.82 Å². The van der Waals surface area contributed by atoms with Crippen molar-refractivity contribution >= 4 is 35.8 Å². The summed E-state index contributed by atoms with van der Waals surface area (Å²) in [5.74, 6) is 3.31. The molecule has 3 heterocycles. The Morgan fingerprint density at radius 2 is 1.76 bits per heavy atom. The molecular formula is C20H26IN5O3. The van der Waals surface area contributed by atoms with E-state index in [1.165, 1.54) is 0 Å². The molecule has 1 aromatic carbocycles. The number of hydrogen-bond acceptors (Lipinski definition) is 6. The van der Waals surface area contributed by atoms with Gasteiger partial charge >= 0.3 is 0 Å². The van der Waals surface area contributed by atoms with Crippen LogP contribution in [0.1, 0.15) is 11.1 Å². The second-order valence-corrected chi connectivity index (χ2v) is 6.59. The van der Waals surface area contributed by atoms with E-state index in [4.69, 9.17) is 14.2 Å². The second-order valence-electron chi connectivity index (χ2n) is 6.59. The molecule has 0 atom stereocenters. The third kappa shape index (κ3) is 5.63. The minimum atomic E-state index is 0. The highest BCUT2D eigenvalue weighted by Gasteiger charge is 2.14. The van der Waals surface area contributed by atoms with Crippen LogP contribution in [-0.2, 0) is 17.8 Å². The van der Waals surface area contributed by atoms with Crippen LogP contribution in [0.2, 0.25) is 0 Å². The lowest BCUT2D eigenvalue weighted by Crippen LogP contribution is -2.37. The molecule has 0 unspecified atom stereocenters. The van der Waals surface area contributed by atoms with Gasteiger partial charge in [-0.15, -0.1) is 24.0 Å².